The third-order valence-corrected chi connectivity index (χ3v) is 4.65. The first kappa shape index (κ1) is 14.6. The molecule has 0 aliphatic rings. The van der Waals surface area contributed by atoms with E-state index in [9.17, 15) is 0 Å². The molecule has 0 aromatic heterocycles. The first-order chi connectivity index (χ1) is 9.24. The molecule has 1 atom stereocenters. The van der Waals surface area contributed by atoms with Crippen molar-refractivity contribution in [1.29, 1.82) is 0 Å². The van der Waals surface area contributed by atoms with E-state index in [1.165, 1.54) is 10.5 Å². The zero-order chi connectivity index (χ0) is 13.5. The standard InChI is InChI=1S/C16H18BrNS/c17-14-7-10-16(11-8-14)19-12-15(18)9-6-13-4-2-1-3-5-13/h1-5,7-8,10-11,15H,6,9,12,18H2. The molecule has 1 nitrogen and oxygen atoms in total. The van der Waals surface area contributed by atoms with Crippen molar-refractivity contribution < 1.29 is 0 Å². The SMILES string of the molecule is NC(CCc1ccccc1)CSc1ccc(Br)cc1. The van der Waals surface area contributed by atoms with E-state index in [4.69, 9.17) is 5.73 Å². The average Bonchev–Trinajstić information content (AvgIpc) is 2.45. The number of rotatable bonds is 6. The lowest BCUT2D eigenvalue weighted by Crippen LogP contribution is -2.23. The van der Waals surface area contributed by atoms with Crippen LogP contribution in [0.2, 0.25) is 0 Å². The fourth-order valence-electron chi connectivity index (χ4n) is 1.81. The Morgan fingerprint density at radius 2 is 1.68 bits per heavy atom. The van der Waals surface area contributed by atoms with Crippen LogP contribution in [-0.2, 0) is 6.42 Å². The highest BCUT2D eigenvalue weighted by molar-refractivity contribution is 9.10. The van der Waals surface area contributed by atoms with Crippen LogP contribution >= 0.6 is 27.7 Å². The topological polar surface area (TPSA) is 26.0 Å². The largest absolute Gasteiger partial charge is 0.327 e. The molecule has 0 bridgehead atoms. The lowest BCUT2D eigenvalue weighted by atomic mass is 10.1. The molecular formula is C16H18BrNS. The van der Waals surface area contributed by atoms with Crippen LogP contribution in [0.4, 0.5) is 0 Å². The molecule has 100 valence electrons. The molecule has 0 aliphatic carbocycles. The summed E-state index contributed by atoms with van der Waals surface area (Å²) >= 11 is 5.27. The molecule has 19 heavy (non-hydrogen) atoms. The van der Waals surface area contributed by atoms with E-state index in [-0.39, 0.29) is 6.04 Å². The maximum Gasteiger partial charge on any atom is 0.0176 e. The molecule has 0 fully saturated rings. The molecule has 0 aliphatic heterocycles. The van der Waals surface area contributed by atoms with Gasteiger partial charge in [-0.1, -0.05) is 46.3 Å². The summed E-state index contributed by atoms with van der Waals surface area (Å²) in [6.45, 7) is 0. The molecule has 0 saturated carbocycles. The van der Waals surface area contributed by atoms with Crippen molar-refractivity contribution in [2.45, 2.75) is 23.8 Å². The molecule has 2 rings (SSSR count). The fourth-order valence-corrected chi connectivity index (χ4v) is 2.98. The van der Waals surface area contributed by atoms with Gasteiger partial charge in [-0.15, -0.1) is 11.8 Å². The monoisotopic (exact) mass is 335 g/mol. The van der Waals surface area contributed by atoms with Gasteiger partial charge in [-0.25, -0.2) is 0 Å². The Hall–Kier alpha value is -0.770. The highest BCUT2D eigenvalue weighted by Crippen LogP contribution is 2.21. The van der Waals surface area contributed by atoms with E-state index < -0.39 is 0 Å². The van der Waals surface area contributed by atoms with Gasteiger partial charge < -0.3 is 5.73 Å². The van der Waals surface area contributed by atoms with Crippen molar-refractivity contribution in [2.75, 3.05) is 5.75 Å². The molecule has 0 spiro atoms. The van der Waals surface area contributed by atoms with Gasteiger partial charge in [0, 0.05) is 21.2 Å². The minimum Gasteiger partial charge on any atom is -0.327 e. The summed E-state index contributed by atoms with van der Waals surface area (Å²) in [5.41, 5.74) is 7.54. The Labute approximate surface area is 127 Å². The van der Waals surface area contributed by atoms with Gasteiger partial charge in [0.05, 0.1) is 0 Å². The van der Waals surface area contributed by atoms with Crippen molar-refractivity contribution >= 4 is 27.7 Å². The van der Waals surface area contributed by atoms with Gasteiger partial charge >= 0.3 is 0 Å². The number of thioether (sulfide) groups is 1. The number of hydrogen-bond donors (Lipinski definition) is 1. The zero-order valence-electron chi connectivity index (χ0n) is 10.8. The van der Waals surface area contributed by atoms with Gasteiger partial charge in [0.2, 0.25) is 0 Å². The summed E-state index contributed by atoms with van der Waals surface area (Å²) in [5.74, 6) is 0.967. The lowest BCUT2D eigenvalue weighted by Gasteiger charge is -2.11. The zero-order valence-corrected chi connectivity index (χ0v) is 13.2. The molecule has 0 heterocycles. The molecule has 0 amide bonds. The average molecular weight is 336 g/mol. The van der Waals surface area contributed by atoms with E-state index in [1.54, 1.807) is 0 Å². The Kier molecular flexibility index (Phi) is 5.95. The summed E-state index contributed by atoms with van der Waals surface area (Å²) in [7, 11) is 0. The Bertz CT molecular complexity index is 484. The van der Waals surface area contributed by atoms with Crippen LogP contribution in [0.25, 0.3) is 0 Å². The van der Waals surface area contributed by atoms with Gasteiger partial charge in [0.1, 0.15) is 0 Å². The summed E-state index contributed by atoms with van der Waals surface area (Å²) in [5, 5.41) is 0. The molecule has 2 aromatic carbocycles. The minimum absolute atomic E-state index is 0.244. The number of hydrogen-bond acceptors (Lipinski definition) is 2. The summed E-state index contributed by atoms with van der Waals surface area (Å²) in [6.07, 6.45) is 2.09. The normalized spacial score (nSPS) is 12.3. The van der Waals surface area contributed by atoms with Crippen LogP contribution in [0.5, 0.6) is 0 Å². The van der Waals surface area contributed by atoms with E-state index in [0.717, 1.165) is 23.1 Å². The molecule has 2 aromatic rings. The number of benzene rings is 2. The second-order valence-corrected chi connectivity index (χ2v) is 6.56. The van der Waals surface area contributed by atoms with Gasteiger partial charge in [0.25, 0.3) is 0 Å². The maximum absolute atomic E-state index is 6.17. The second kappa shape index (κ2) is 7.73. The maximum atomic E-state index is 6.17. The van der Waals surface area contributed by atoms with Crippen LogP contribution in [-0.4, -0.2) is 11.8 Å². The number of nitrogens with two attached hydrogens (primary N) is 1. The molecular weight excluding hydrogens is 318 g/mol. The van der Waals surface area contributed by atoms with Gasteiger partial charge in [-0.05, 0) is 42.7 Å². The van der Waals surface area contributed by atoms with E-state index in [0.29, 0.717) is 0 Å². The van der Waals surface area contributed by atoms with Crippen LogP contribution in [0.15, 0.2) is 64.0 Å². The molecule has 2 N–H and O–H groups in total. The molecule has 0 saturated heterocycles. The predicted molar refractivity (Wildman–Crippen MR) is 87.6 cm³/mol. The summed E-state index contributed by atoms with van der Waals surface area (Å²) in [6, 6.07) is 19.2. The summed E-state index contributed by atoms with van der Waals surface area (Å²) < 4.78 is 1.12. The smallest absolute Gasteiger partial charge is 0.0176 e. The van der Waals surface area contributed by atoms with Crippen LogP contribution < -0.4 is 5.73 Å². The quantitative estimate of drug-likeness (QED) is 0.786. The highest BCUT2D eigenvalue weighted by Gasteiger charge is 2.04. The molecule has 3 heteroatoms. The minimum atomic E-state index is 0.244. The van der Waals surface area contributed by atoms with Gasteiger partial charge in [0.15, 0.2) is 0 Å². The number of aryl methyl sites for hydroxylation is 1. The van der Waals surface area contributed by atoms with E-state index in [1.807, 2.05) is 17.8 Å². The van der Waals surface area contributed by atoms with Crippen molar-refractivity contribution in [1.82, 2.24) is 0 Å². The fraction of sp³-hybridized carbons (Fsp3) is 0.250. The third-order valence-electron chi connectivity index (χ3n) is 2.92. The second-order valence-electron chi connectivity index (χ2n) is 4.55. The van der Waals surface area contributed by atoms with Gasteiger partial charge in [-0.2, -0.15) is 0 Å². The van der Waals surface area contributed by atoms with Crippen molar-refractivity contribution in [3.8, 4) is 0 Å². The Morgan fingerprint density at radius 1 is 1.00 bits per heavy atom. The van der Waals surface area contributed by atoms with Crippen LogP contribution in [0.3, 0.4) is 0 Å². The van der Waals surface area contributed by atoms with Crippen molar-refractivity contribution in [3.05, 3.63) is 64.6 Å². The van der Waals surface area contributed by atoms with Crippen molar-refractivity contribution in [3.63, 3.8) is 0 Å². The first-order valence-electron chi connectivity index (χ1n) is 6.42. The van der Waals surface area contributed by atoms with E-state index >= 15 is 0 Å². The Morgan fingerprint density at radius 3 is 2.37 bits per heavy atom. The first-order valence-corrected chi connectivity index (χ1v) is 8.20. The molecule has 1 unspecified atom stereocenters. The highest BCUT2D eigenvalue weighted by atomic mass is 79.9. The summed E-state index contributed by atoms with van der Waals surface area (Å²) in [4.78, 5) is 1.28. The van der Waals surface area contributed by atoms with E-state index in [2.05, 4.69) is 64.5 Å². The van der Waals surface area contributed by atoms with Crippen LogP contribution in [0.1, 0.15) is 12.0 Å². The lowest BCUT2D eigenvalue weighted by molar-refractivity contribution is 0.674. The molecule has 0 radical (unpaired) electrons. The van der Waals surface area contributed by atoms with Gasteiger partial charge in [-0.3, -0.25) is 0 Å². The predicted octanol–water partition coefficient (Wildman–Crippen LogP) is 4.50. The van der Waals surface area contributed by atoms with Crippen molar-refractivity contribution in [2.24, 2.45) is 5.73 Å². The Balaban J connectivity index is 1.72. The third kappa shape index (κ3) is 5.39. The number of halogens is 1. The van der Waals surface area contributed by atoms with Crippen LogP contribution in [0, 0.1) is 0 Å².